The Kier molecular flexibility index (Phi) is 7.18. The second kappa shape index (κ2) is 9.85. The van der Waals surface area contributed by atoms with Crippen molar-refractivity contribution in [3.05, 3.63) is 59.7 Å². The first-order chi connectivity index (χ1) is 15.3. The fourth-order valence-electron chi connectivity index (χ4n) is 4.03. The molecule has 7 nitrogen and oxygen atoms in total. The molecule has 170 valence electrons. The molecule has 2 aromatic carbocycles. The molecule has 0 aromatic heterocycles. The highest BCUT2D eigenvalue weighted by Gasteiger charge is 2.36. The van der Waals surface area contributed by atoms with E-state index in [2.05, 4.69) is 22.8 Å². The Labute approximate surface area is 188 Å². The fourth-order valence-corrected chi connectivity index (χ4v) is 4.03. The van der Waals surface area contributed by atoms with Gasteiger partial charge in [0.05, 0.1) is 0 Å². The molecule has 0 aliphatic heterocycles. The van der Waals surface area contributed by atoms with Crippen LogP contribution in [0, 0.1) is 0 Å². The summed E-state index contributed by atoms with van der Waals surface area (Å²) in [5.41, 5.74) is 3.17. The van der Waals surface area contributed by atoms with Gasteiger partial charge in [0.15, 0.2) is 0 Å². The van der Waals surface area contributed by atoms with Crippen molar-refractivity contribution in [1.82, 2.24) is 10.6 Å². The van der Waals surface area contributed by atoms with E-state index < -0.39 is 29.6 Å². The summed E-state index contributed by atoms with van der Waals surface area (Å²) in [5.74, 6) is -1.73. The lowest BCUT2D eigenvalue weighted by atomic mass is 9.97. The lowest BCUT2D eigenvalue weighted by Crippen LogP contribution is -2.59. The number of carboxylic acids is 1. The van der Waals surface area contributed by atoms with Crippen LogP contribution in [0.15, 0.2) is 48.5 Å². The normalized spacial score (nSPS) is 15.1. The molecule has 2 atom stereocenters. The van der Waals surface area contributed by atoms with Crippen LogP contribution in [0.2, 0.25) is 0 Å². The van der Waals surface area contributed by atoms with Crippen LogP contribution in [0.5, 0.6) is 0 Å². The second-order valence-electron chi connectivity index (χ2n) is 8.29. The molecule has 7 heteroatoms. The van der Waals surface area contributed by atoms with Gasteiger partial charge in [0.25, 0.3) is 0 Å². The standard InChI is InChI=1S/C25H30N2O5/c1-4-10-21(22(28)29)26-23(30)25(3,5-2)27-24(31)32-15-20-18-13-8-6-11-16(18)17-12-7-9-14-19(17)20/h6-9,11-14,20-21H,4-5,10,15H2,1-3H3,(H,26,30)(H,27,31)(H,28,29). The molecule has 32 heavy (non-hydrogen) atoms. The first-order valence-electron chi connectivity index (χ1n) is 11.0. The maximum Gasteiger partial charge on any atom is 0.408 e. The highest BCUT2D eigenvalue weighted by Crippen LogP contribution is 2.44. The molecule has 1 aliphatic carbocycles. The molecular formula is C25H30N2O5. The lowest BCUT2D eigenvalue weighted by molar-refractivity contribution is -0.143. The van der Waals surface area contributed by atoms with Crippen molar-refractivity contribution in [2.75, 3.05) is 6.61 Å². The van der Waals surface area contributed by atoms with Gasteiger partial charge >= 0.3 is 12.1 Å². The first-order valence-corrected chi connectivity index (χ1v) is 11.0. The van der Waals surface area contributed by atoms with Crippen LogP contribution in [0.25, 0.3) is 11.1 Å². The van der Waals surface area contributed by atoms with Crippen LogP contribution < -0.4 is 10.6 Å². The van der Waals surface area contributed by atoms with E-state index in [1.807, 2.05) is 43.3 Å². The van der Waals surface area contributed by atoms with Gasteiger partial charge in [-0.2, -0.15) is 0 Å². The minimum Gasteiger partial charge on any atom is -0.480 e. The largest absolute Gasteiger partial charge is 0.480 e. The molecule has 2 aromatic rings. The Morgan fingerprint density at radius 2 is 1.59 bits per heavy atom. The zero-order valence-electron chi connectivity index (χ0n) is 18.7. The highest BCUT2D eigenvalue weighted by molar-refractivity contribution is 5.92. The molecule has 0 spiro atoms. The Morgan fingerprint density at radius 3 is 2.09 bits per heavy atom. The molecule has 2 unspecified atom stereocenters. The number of hydrogen-bond donors (Lipinski definition) is 3. The third-order valence-electron chi connectivity index (χ3n) is 6.11. The van der Waals surface area contributed by atoms with Crippen molar-refractivity contribution in [3.8, 4) is 11.1 Å². The minimum atomic E-state index is -1.29. The smallest absolute Gasteiger partial charge is 0.408 e. The van der Waals surface area contributed by atoms with Crippen LogP contribution >= 0.6 is 0 Å². The van der Waals surface area contributed by atoms with Gasteiger partial charge in [0.2, 0.25) is 5.91 Å². The fraction of sp³-hybridized carbons (Fsp3) is 0.400. The quantitative estimate of drug-likeness (QED) is 0.548. The molecule has 0 saturated heterocycles. The highest BCUT2D eigenvalue weighted by atomic mass is 16.5. The van der Waals surface area contributed by atoms with E-state index in [9.17, 15) is 19.5 Å². The summed E-state index contributed by atoms with van der Waals surface area (Å²) in [6.45, 7) is 5.29. The van der Waals surface area contributed by atoms with E-state index in [1.54, 1.807) is 13.8 Å². The third kappa shape index (κ3) is 4.77. The van der Waals surface area contributed by atoms with Crippen molar-refractivity contribution in [2.24, 2.45) is 0 Å². The molecule has 0 fully saturated rings. The number of ether oxygens (including phenoxy) is 1. The Morgan fingerprint density at radius 1 is 1.03 bits per heavy atom. The molecule has 0 heterocycles. The van der Waals surface area contributed by atoms with E-state index in [0.717, 1.165) is 22.3 Å². The molecule has 2 amide bonds. The van der Waals surface area contributed by atoms with Gasteiger partial charge in [-0.15, -0.1) is 0 Å². The van der Waals surface area contributed by atoms with Gasteiger partial charge in [-0.3, -0.25) is 4.79 Å². The summed E-state index contributed by atoms with van der Waals surface area (Å²) in [4.78, 5) is 36.8. The Hall–Kier alpha value is -3.35. The number of amides is 2. The van der Waals surface area contributed by atoms with E-state index in [1.165, 1.54) is 0 Å². The number of fused-ring (bicyclic) bond motifs is 3. The average molecular weight is 439 g/mol. The van der Waals surface area contributed by atoms with Crippen LogP contribution in [0.4, 0.5) is 4.79 Å². The minimum absolute atomic E-state index is 0.0872. The summed E-state index contributed by atoms with van der Waals surface area (Å²) in [6.07, 6.45) is 0.487. The number of carboxylic acid groups (broad SMARTS) is 1. The average Bonchev–Trinajstić information content (AvgIpc) is 3.11. The molecule has 3 N–H and O–H groups in total. The Bertz CT molecular complexity index is 960. The van der Waals surface area contributed by atoms with Gasteiger partial charge in [0.1, 0.15) is 18.2 Å². The predicted molar refractivity (Wildman–Crippen MR) is 121 cm³/mol. The number of rotatable bonds is 9. The summed E-state index contributed by atoms with van der Waals surface area (Å²) in [7, 11) is 0. The topological polar surface area (TPSA) is 105 Å². The van der Waals surface area contributed by atoms with Gasteiger partial charge in [-0.05, 0) is 42.0 Å². The number of nitrogens with one attached hydrogen (secondary N) is 2. The lowest BCUT2D eigenvalue weighted by Gasteiger charge is -2.29. The number of alkyl carbamates (subject to hydrolysis) is 1. The van der Waals surface area contributed by atoms with E-state index in [0.29, 0.717) is 12.8 Å². The van der Waals surface area contributed by atoms with Gasteiger partial charge in [0, 0.05) is 5.92 Å². The summed E-state index contributed by atoms with van der Waals surface area (Å²) in [6, 6.07) is 15.1. The monoisotopic (exact) mass is 438 g/mol. The molecule has 0 radical (unpaired) electrons. The number of carbonyl (C=O) groups excluding carboxylic acids is 2. The summed E-state index contributed by atoms with van der Waals surface area (Å²) < 4.78 is 5.54. The molecule has 0 saturated carbocycles. The first kappa shape index (κ1) is 23.3. The van der Waals surface area contributed by atoms with Crippen LogP contribution in [-0.4, -0.2) is 41.3 Å². The zero-order valence-corrected chi connectivity index (χ0v) is 18.7. The molecule has 3 rings (SSSR count). The predicted octanol–water partition coefficient (Wildman–Crippen LogP) is 4.06. The van der Waals surface area contributed by atoms with Crippen molar-refractivity contribution >= 4 is 18.0 Å². The van der Waals surface area contributed by atoms with E-state index >= 15 is 0 Å². The Balaban J connectivity index is 1.67. The van der Waals surface area contributed by atoms with Crippen molar-refractivity contribution in [1.29, 1.82) is 0 Å². The summed E-state index contributed by atoms with van der Waals surface area (Å²) >= 11 is 0. The molecular weight excluding hydrogens is 408 g/mol. The third-order valence-corrected chi connectivity index (χ3v) is 6.11. The van der Waals surface area contributed by atoms with Crippen molar-refractivity contribution in [3.63, 3.8) is 0 Å². The summed E-state index contributed by atoms with van der Waals surface area (Å²) in [5, 5.41) is 14.5. The van der Waals surface area contributed by atoms with Crippen LogP contribution in [0.3, 0.4) is 0 Å². The van der Waals surface area contributed by atoms with E-state index in [4.69, 9.17) is 4.74 Å². The van der Waals surface area contributed by atoms with Gasteiger partial charge in [-0.1, -0.05) is 68.8 Å². The van der Waals surface area contributed by atoms with Gasteiger partial charge in [-0.25, -0.2) is 9.59 Å². The van der Waals surface area contributed by atoms with Crippen molar-refractivity contribution < 1.29 is 24.2 Å². The van der Waals surface area contributed by atoms with Crippen molar-refractivity contribution in [2.45, 2.75) is 57.5 Å². The van der Waals surface area contributed by atoms with Crippen LogP contribution in [0.1, 0.15) is 57.1 Å². The molecule has 0 bridgehead atoms. The number of benzene rings is 2. The SMILES string of the molecule is CCCC(NC(=O)C(C)(CC)NC(=O)OCC1c2ccccc2-c2ccccc21)C(=O)O. The zero-order chi connectivity index (χ0) is 23.3. The maximum atomic E-state index is 12.8. The van der Waals surface area contributed by atoms with Gasteiger partial charge < -0.3 is 20.5 Å². The number of carbonyl (C=O) groups is 3. The number of hydrogen-bond acceptors (Lipinski definition) is 4. The maximum absolute atomic E-state index is 12.8. The van der Waals surface area contributed by atoms with E-state index in [-0.39, 0.29) is 18.9 Å². The molecule has 1 aliphatic rings. The number of aliphatic carboxylic acids is 1. The van der Waals surface area contributed by atoms with Crippen LogP contribution in [-0.2, 0) is 14.3 Å². The second-order valence-corrected chi connectivity index (χ2v) is 8.29.